The first-order valence-corrected chi connectivity index (χ1v) is 8.75. The SMILES string of the molecule is Cc1ccc(CN(C)S(=O)(=O)c2ccc3c(c2)CCC(=O)N3)o1. The molecule has 1 aliphatic rings. The summed E-state index contributed by atoms with van der Waals surface area (Å²) in [6, 6.07) is 8.36. The number of rotatable bonds is 4. The van der Waals surface area contributed by atoms with E-state index in [1.807, 2.05) is 6.92 Å². The second-order valence-electron chi connectivity index (χ2n) is 5.64. The van der Waals surface area contributed by atoms with Crippen LogP contribution in [0.5, 0.6) is 0 Å². The molecule has 0 radical (unpaired) electrons. The number of fused-ring (bicyclic) bond motifs is 1. The number of nitrogens with zero attached hydrogens (tertiary/aromatic N) is 1. The molecule has 0 aliphatic carbocycles. The number of anilines is 1. The first-order chi connectivity index (χ1) is 10.9. The summed E-state index contributed by atoms with van der Waals surface area (Å²) < 4.78 is 32.1. The number of sulfonamides is 1. The third-order valence-electron chi connectivity index (χ3n) is 3.85. The predicted molar refractivity (Wildman–Crippen MR) is 85.5 cm³/mol. The number of carbonyl (C=O) groups is 1. The van der Waals surface area contributed by atoms with Gasteiger partial charge in [-0.15, -0.1) is 0 Å². The molecule has 2 heterocycles. The summed E-state index contributed by atoms with van der Waals surface area (Å²) in [5.41, 5.74) is 1.53. The van der Waals surface area contributed by atoms with Gasteiger partial charge in [-0.25, -0.2) is 8.42 Å². The van der Waals surface area contributed by atoms with Gasteiger partial charge in [0.05, 0.1) is 11.4 Å². The van der Waals surface area contributed by atoms with Gasteiger partial charge in [0, 0.05) is 19.2 Å². The summed E-state index contributed by atoms with van der Waals surface area (Å²) in [5.74, 6) is 1.30. The van der Waals surface area contributed by atoms with E-state index in [-0.39, 0.29) is 17.3 Å². The maximum atomic E-state index is 12.7. The molecule has 2 aromatic rings. The average molecular weight is 334 g/mol. The maximum absolute atomic E-state index is 12.7. The van der Waals surface area contributed by atoms with Crippen LogP contribution in [0.15, 0.2) is 39.6 Å². The van der Waals surface area contributed by atoms with Gasteiger partial charge in [0.15, 0.2) is 0 Å². The highest BCUT2D eigenvalue weighted by molar-refractivity contribution is 7.89. The summed E-state index contributed by atoms with van der Waals surface area (Å²) in [6.45, 7) is 1.99. The van der Waals surface area contributed by atoms with E-state index in [1.54, 1.807) is 24.3 Å². The zero-order valence-electron chi connectivity index (χ0n) is 13.0. The minimum Gasteiger partial charge on any atom is -0.465 e. The standard InChI is InChI=1S/C16H18N2O4S/c1-11-3-5-13(22-11)10-18(2)23(20,21)14-6-7-15-12(9-14)4-8-16(19)17-15/h3,5-7,9H,4,8,10H2,1-2H3,(H,17,19). The molecule has 1 amide bonds. The Labute approximate surface area is 135 Å². The first kappa shape index (κ1) is 15.8. The minimum atomic E-state index is -3.61. The van der Waals surface area contributed by atoms with Gasteiger partial charge in [0.2, 0.25) is 15.9 Å². The number of benzene rings is 1. The first-order valence-electron chi connectivity index (χ1n) is 7.31. The summed E-state index contributed by atoms with van der Waals surface area (Å²) in [6.07, 6.45) is 0.920. The monoisotopic (exact) mass is 334 g/mol. The highest BCUT2D eigenvalue weighted by Gasteiger charge is 2.24. The molecule has 0 saturated heterocycles. The molecule has 1 aliphatic heterocycles. The molecule has 0 atom stereocenters. The van der Waals surface area contributed by atoms with Gasteiger partial charge in [-0.1, -0.05) is 0 Å². The van der Waals surface area contributed by atoms with Crippen molar-refractivity contribution in [2.24, 2.45) is 0 Å². The Morgan fingerprint density at radius 2 is 2.00 bits per heavy atom. The predicted octanol–water partition coefficient (Wildman–Crippen LogP) is 2.29. The van der Waals surface area contributed by atoms with E-state index < -0.39 is 10.0 Å². The van der Waals surface area contributed by atoms with Crippen LogP contribution in [0.25, 0.3) is 0 Å². The fraction of sp³-hybridized carbons (Fsp3) is 0.312. The summed E-state index contributed by atoms with van der Waals surface area (Å²) in [4.78, 5) is 11.6. The van der Waals surface area contributed by atoms with Crippen LogP contribution < -0.4 is 5.32 Å². The highest BCUT2D eigenvalue weighted by Crippen LogP contribution is 2.27. The second kappa shape index (κ2) is 5.82. The Bertz CT molecular complexity index is 855. The second-order valence-corrected chi connectivity index (χ2v) is 7.69. The quantitative estimate of drug-likeness (QED) is 0.930. The number of hydrogen-bond donors (Lipinski definition) is 1. The molecule has 0 unspecified atom stereocenters. The number of furan rings is 1. The van der Waals surface area contributed by atoms with Crippen LogP contribution in [-0.2, 0) is 27.8 Å². The van der Waals surface area contributed by atoms with E-state index in [9.17, 15) is 13.2 Å². The van der Waals surface area contributed by atoms with Crippen molar-refractivity contribution in [3.63, 3.8) is 0 Å². The average Bonchev–Trinajstić information content (AvgIpc) is 2.91. The van der Waals surface area contributed by atoms with Crippen molar-refractivity contribution in [1.29, 1.82) is 0 Å². The van der Waals surface area contributed by atoms with Crippen molar-refractivity contribution in [3.05, 3.63) is 47.4 Å². The van der Waals surface area contributed by atoms with Crippen LogP contribution in [0.3, 0.4) is 0 Å². The molecule has 0 fully saturated rings. The van der Waals surface area contributed by atoms with Crippen LogP contribution in [0.4, 0.5) is 5.69 Å². The Balaban J connectivity index is 1.85. The van der Waals surface area contributed by atoms with Crippen molar-refractivity contribution >= 4 is 21.6 Å². The van der Waals surface area contributed by atoms with Gasteiger partial charge in [0.25, 0.3) is 0 Å². The molecule has 1 N–H and O–H groups in total. The van der Waals surface area contributed by atoms with E-state index >= 15 is 0 Å². The minimum absolute atomic E-state index is 0.0431. The normalized spacial score (nSPS) is 14.7. The van der Waals surface area contributed by atoms with E-state index in [2.05, 4.69) is 5.32 Å². The number of amides is 1. The Kier molecular flexibility index (Phi) is 3.99. The number of carbonyl (C=O) groups excluding carboxylic acids is 1. The van der Waals surface area contributed by atoms with Crippen molar-refractivity contribution in [1.82, 2.24) is 4.31 Å². The van der Waals surface area contributed by atoms with E-state index in [0.717, 1.165) is 11.3 Å². The van der Waals surface area contributed by atoms with Crippen molar-refractivity contribution < 1.29 is 17.6 Å². The molecule has 23 heavy (non-hydrogen) atoms. The number of aryl methyl sites for hydroxylation is 2. The Morgan fingerprint density at radius 3 is 2.70 bits per heavy atom. The third kappa shape index (κ3) is 3.16. The van der Waals surface area contributed by atoms with E-state index in [0.29, 0.717) is 24.3 Å². The van der Waals surface area contributed by atoms with Gasteiger partial charge >= 0.3 is 0 Å². The fourth-order valence-corrected chi connectivity index (χ4v) is 3.76. The van der Waals surface area contributed by atoms with Crippen molar-refractivity contribution in [2.75, 3.05) is 12.4 Å². The molecule has 0 saturated carbocycles. The lowest BCUT2D eigenvalue weighted by Crippen LogP contribution is -2.27. The lowest BCUT2D eigenvalue weighted by molar-refractivity contribution is -0.116. The molecular formula is C16H18N2O4S. The zero-order chi connectivity index (χ0) is 16.6. The van der Waals surface area contributed by atoms with E-state index in [4.69, 9.17) is 4.42 Å². The number of nitrogens with one attached hydrogen (secondary N) is 1. The van der Waals surface area contributed by atoms with Crippen LogP contribution in [-0.4, -0.2) is 25.7 Å². The molecule has 0 spiro atoms. The summed E-state index contributed by atoms with van der Waals surface area (Å²) in [7, 11) is -2.09. The molecule has 1 aromatic carbocycles. The molecule has 6 nitrogen and oxygen atoms in total. The van der Waals surface area contributed by atoms with E-state index in [1.165, 1.54) is 17.4 Å². The van der Waals surface area contributed by atoms with Gasteiger partial charge in [-0.05, 0) is 49.2 Å². The van der Waals surface area contributed by atoms with Crippen molar-refractivity contribution in [3.8, 4) is 0 Å². The molecule has 1 aromatic heterocycles. The third-order valence-corrected chi connectivity index (χ3v) is 5.65. The topological polar surface area (TPSA) is 79.6 Å². The van der Waals surface area contributed by atoms with Gasteiger partial charge in [-0.2, -0.15) is 4.31 Å². The molecular weight excluding hydrogens is 316 g/mol. The maximum Gasteiger partial charge on any atom is 0.243 e. The van der Waals surface area contributed by atoms with Crippen LogP contribution >= 0.6 is 0 Å². The number of hydrogen-bond acceptors (Lipinski definition) is 4. The Morgan fingerprint density at radius 1 is 1.22 bits per heavy atom. The lowest BCUT2D eigenvalue weighted by atomic mass is 10.0. The van der Waals surface area contributed by atoms with Gasteiger partial charge in [-0.3, -0.25) is 4.79 Å². The van der Waals surface area contributed by atoms with Crippen molar-refractivity contribution in [2.45, 2.75) is 31.2 Å². The zero-order valence-corrected chi connectivity index (χ0v) is 13.8. The highest BCUT2D eigenvalue weighted by atomic mass is 32.2. The van der Waals surface area contributed by atoms with Crippen LogP contribution in [0.2, 0.25) is 0 Å². The lowest BCUT2D eigenvalue weighted by Gasteiger charge is -2.20. The van der Waals surface area contributed by atoms with Crippen LogP contribution in [0, 0.1) is 6.92 Å². The molecule has 0 bridgehead atoms. The molecule has 122 valence electrons. The van der Waals surface area contributed by atoms with Gasteiger partial charge in [0.1, 0.15) is 11.5 Å². The molecule has 3 rings (SSSR count). The largest absolute Gasteiger partial charge is 0.465 e. The van der Waals surface area contributed by atoms with Crippen LogP contribution in [0.1, 0.15) is 23.5 Å². The smallest absolute Gasteiger partial charge is 0.243 e. The van der Waals surface area contributed by atoms with Gasteiger partial charge < -0.3 is 9.73 Å². The fourth-order valence-electron chi connectivity index (χ4n) is 2.57. The summed E-state index contributed by atoms with van der Waals surface area (Å²) >= 11 is 0. The molecule has 7 heteroatoms. The summed E-state index contributed by atoms with van der Waals surface area (Å²) in [5, 5.41) is 2.75. The Hall–Kier alpha value is -2.12.